The number of aryl methyl sites for hydroxylation is 2. The summed E-state index contributed by atoms with van der Waals surface area (Å²) in [5, 5.41) is 3.21. The third kappa shape index (κ3) is 3.61. The van der Waals surface area contributed by atoms with Crippen LogP contribution in [-0.2, 0) is 13.2 Å². The van der Waals surface area contributed by atoms with Gasteiger partial charge in [-0.15, -0.1) is 0 Å². The number of nitrogens with one attached hydrogen (secondary N) is 1. The van der Waals surface area contributed by atoms with Gasteiger partial charge in [0.05, 0.1) is 6.54 Å². The van der Waals surface area contributed by atoms with E-state index in [1.54, 1.807) is 6.07 Å². The predicted molar refractivity (Wildman–Crippen MR) is 76.3 cm³/mol. The number of hydrogen-bond acceptors (Lipinski definition) is 3. The van der Waals surface area contributed by atoms with Gasteiger partial charge in [-0.05, 0) is 38.1 Å². The molecule has 0 unspecified atom stereocenters. The highest BCUT2D eigenvalue weighted by molar-refractivity contribution is 5.33. The van der Waals surface area contributed by atoms with Crippen molar-refractivity contribution in [1.29, 1.82) is 0 Å². The first kappa shape index (κ1) is 14.6. The lowest BCUT2D eigenvalue weighted by Gasteiger charge is -2.08. The molecule has 0 amide bonds. The Balaban J connectivity index is 2.03. The third-order valence-electron chi connectivity index (χ3n) is 3.15. The maximum absolute atomic E-state index is 13.2. The van der Waals surface area contributed by atoms with E-state index in [-0.39, 0.29) is 5.82 Å². The van der Waals surface area contributed by atoms with Gasteiger partial charge in [-0.25, -0.2) is 4.39 Å². The van der Waals surface area contributed by atoms with Crippen LogP contribution < -0.4 is 10.1 Å². The van der Waals surface area contributed by atoms with Crippen LogP contribution in [0, 0.1) is 19.7 Å². The quantitative estimate of drug-likeness (QED) is 0.873. The molecule has 1 aromatic heterocycles. The largest absolute Gasteiger partial charge is 0.488 e. The molecule has 0 aliphatic rings. The molecule has 0 saturated carbocycles. The molecule has 0 fully saturated rings. The van der Waals surface area contributed by atoms with Crippen molar-refractivity contribution in [2.24, 2.45) is 0 Å². The second-order valence-corrected chi connectivity index (χ2v) is 4.77. The minimum Gasteiger partial charge on any atom is -0.488 e. The van der Waals surface area contributed by atoms with Crippen LogP contribution in [0.15, 0.2) is 28.7 Å². The average molecular weight is 277 g/mol. The number of furan rings is 1. The van der Waals surface area contributed by atoms with Gasteiger partial charge < -0.3 is 14.5 Å². The van der Waals surface area contributed by atoms with Crippen LogP contribution in [0.5, 0.6) is 5.75 Å². The van der Waals surface area contributed by atoms with Gasteiger partial charge in [-0.2, -0.15) is 0 Å². The zero-order chi connectivity index (χ0) is 14.5. The molecule has 3 nitrogen and oxygen atoms in total. The van der Waals surface area contributed by atoms with Crippen LogP contribution in [0.25, 0.3) is 0 Å². The molecule has 20 heavy (non-hydrogen) atoms. The molecule has 4 heteroatoms. The fourth-order valence-electron chi connectivity index (χ4n) is 1.95. The van der Waals surface area contributed by atoms with E-state index >= 15 is 0 Å². The van der Waals surface area contributed by atoms with Crippen molar-refractivity contribution < 1.29 is 13.5 Å². The Morgan fingerprint density at radius 1 is 1.25 bits per heavy atom. The highest BCUT2D eigenvalue weighted by Gasteiger charge is 2.09. The van der Waals surface area contributed by atoms with Gasteiger partial charge in [0.1, 0.15) is 29.7 Å². The average Bonchev–Trinajstić information content (AvgIpc) is 2.78. The second-order valence-electron chi connectivity index (χ2n) is 4.77. The van der Waals surface area contributed by atoms with Crippen LogP contribution in [0.4, 0.5) is 4.39 Å². The minimum atomic E-state index is -0.289. The number of ether oxygens (including phenoxy) is 1. The second kappa shape index (κ2) is 6.57. The highest BCUT2D eigenvalue weighted by Crippen LogP contribution is 2.22. The number of hydrogen-bond donors (Lipinski definition) is 1. The summed E-state index contributed by atoms with van der Waals surface area (Å²) in [6.45, 7) is 7.84. The van der Waals surface area contributed by atoms with Crippen molar-refractivity contribution in [2.45, 2.75) is 33.9 Å². The van der Waals surface area contributed by atoms with E-state index in [2.05, 4.69) is 5.32 Å². The van der Waals surface area contributed by atoms with E-state index in [4.69, 9.17) is 9.15 Å². The molecule has 0 spiro atoms. The first-order chi connectivity index (χ1) is 9.60. The Kier molecular flexibility index (Phi) is 4.79. The van der Waals surface area contributed by atoms with E-state index in [1.807, 2.05) is 26.8 Å². The van der Waals surface area contributed by atoms with Crippen LogP contribution in [0.1, 0.15) is 29.6 Å². The normalized spacial score (nSPS) is 10.8. The van der Waals surface area contributed by atoms with E-state index in [1.165, 1.54) is 12.1 Å². The third-order valence-corrected chi connectivity index (χ3v) is 3.15. The summed E-state index contributed by atoms with van der Waals surface area (Å²) in [7, 11) is 0. The van der Waals surface area contributed by atoms with Gasteiger partial charge in [-0.3, -0.25) is 0 Å². The Labute approximate surface area is 118 Å². The van der Waals surface area contributed by atoms with Crippen LogP contribution in [-0.4, -0.2) is 6.54 Å². The molecule has 0 aliphatic carbocycles. The van der Waals surface area contributed by atoms with Gasteiger partial charge in [-0.1, -0.05) is 13.0 Å². The molecule has 1 N–H and O–H groups in total. The highest BCUT2D eigenvalue weighted by atomic mass is 19.1. The maximum atomic E-state index is 13.2. The molecule has 2 rings (SSSR count). The molecule has 0 aliphatic heterocycles. The fraction of sp³-hybridized carbons (Fsp3) is 0.375. The van der Waals surface area contributed by atoms with Gasteiger partial charge in [0.25, 0.3) is 0 Å². The summed E-state index contributed by atoms with van der Waals surface area (Å²) in [6, 6.07) is 6.53. The van der Waals surface area contributed by atoms with E-state index < -0.39 is 0 Å². The summed E-state index contributed by atoms with van der Waals surface area (Å²) in [5.74, 6) is 2.01. The topological polar surface area (TPSA) is 34.4 Å². The van der Waals surface area contributed by atoms with Gasteiger partial charge in [0.15, 0.2) is 0 Å². The number of benzene rings is 1. The Morgan fingerprint density at radius 2 is 2.05 bits per heavy atom. The molecular weight excluding hydrogens is 257 g/mol. The summed E-state index contributed by atoms with van der Waals surface area (Å²) >= 11 is 0. The van der Waals surface area contributed by atoms with Crippen LogP contribution in [0.2, 0.25) is 0 Å². The summed E-state index contributed by atoms with van der Waals surface area (Å²) in [5.41, 5.74) is 1.90. The molecule has 1 heterocycles. The molecule has 1 aromatic carbocycles. The molecule has 108 valence electrons. The summed E-state index contributed by atoms with van der Waals surface area (Å²) in [4.78, 5) is 0. The summed E-state index contributed by atoms with van der Waals surface area (Å²) < 4.78 is 24.5. The van der Waals surface area contributed by atoms with Gasteiger partial charge >= 0.3 is 0 Å². The van der Waals surface area contributed by atoms with Gasteiger partial charge in [0.2, 0.25) is 0 Å². The zero-order valence-corrected chi connectivity index (χ0v) is 12.1. The van der Waals surface area contributed by atoms with Crippen molar-refractivity contribution in [2.75, 3.05) is 6.54 Å². The SMILES string of the molecule is CCNCc1cc(COc2cc(F)ccc2C)c(C)o1. The van der Waals surface area contributed by atoms with Crippen molar-refractivity contribution in [3.63, 3.8) is 0 Å². The Morgan fingerprint density at radius 3 is 2.80 bits per heavy atom. The van der Waals surface area contributed by atoms with Crippen molar-refractivity contribution >= 4 is 0 Å². The van der Waals surface area contributed by atoms with Crippen molar-refractivity contribution in [3.05, 3.63) is 52.7 Å². The number of rotatable bonds is 6. The monoisotopic (exact) mass is 277 g/mol. The molecule has 0 radical (unpaired) electrons. The molecule has 0 bridgehead atoms. The number of halogens is 1. The molecule has 2 aromatic rings. The van der Waals surface area contributed by atoms with Crippen molar-refractivity contribution in [1.82, 2.24) is 5.32 Å². The smallest absolute Gasteiger partial charge is 0.126 e. The first-order valence-corrected chi connectivity index (χ1v) is 6.78. The predicted octanol–water partition coefficient (Wildman–Crippen LogP) is 3.72. The minimum absolute atomic E-state index is 0.289. The Bertz CT molecular complexity index is 578. The lowest BCUT2D eigenvalue weighted by atomic mass is 10.2. The van der Waals surface area contributed by atoms with Crippen molar-refractivity contribution in [3.8, 4) is 5.75 Å². The van der Waals surface area contributed by atoms with E-state index in [9.17, 15) is 4.39 Å². The zero-order valence-electron chi connectivity index (χ0n) is 12.1. The molecular formula is C16H20FNO2. The lowest BCUT2D eigenvalue weighted by Crippen LogP contribution is -2.10. The van der Waals surface area contributed by atoms with Crippen LogP contribution in [0.3, 0.4) is 0 Å². The Hall–Kier alpha value is -1.81. The van der Waals surface area contributed by atoms with E-state index in [0.717, 1.165) is 29.2 Å². The van der Waals surface area contributed by atoms with Crippen LogP contribution >= 0.6 is 0 Å². The van der Waals surface area contributed by atoms with Gasteiger partial charge in [0, 0.05) is 11.6 Å². The maximum Gasteiger partial charge on any atom is 0.126 e. The fourth-order valence-corrected chi connectivity index (χ4v) is 1.95. The standard InChI is InChI=1S/C16H20FNO2/c1-4-18-9-15-7-13(12(3)20-15)10-19-16-8-14(17)6-5-11(16)2/h5-8,18H,4,9-10H2,1-3H3. The summed E-state index contributed by atoms with van der Waals surface area (Å²) in [6.07, 6.45) is 0. The van der Waals surface area contributed by atoms with E-state index in [0.29, 0.717) is 18.9 Å². The first-order valence-electron chi connectivity index (χ1n) is 6.78. The molecule has 0 atom stereocenters. The molecule has 0 saturated heterocycles. The lowest BCUT2D eigenvalue weighted by molar-refractivity contribution is 0.299.